The van der Waals surface area contributed by atoms with E-state index in [9.17, 15) is 0 Å². The summed E-state index contributed by atoms with van der Waals surface area (Å²) in [6.07, 6.45) is 0. The van der Waals surface area contributed by atoms with E-state index in [1.807, 2.05) is 0 Å². The summed E-state index contributed by atoms with van der Waals surface area (Å²) in [5.41, 5.74) is 0. The third-order valence-corrected chi connectivity index (χ3v) is 0. The van der Waals surface area contributed by atoms with E-state index in [2.05, 4.69) is 29.2 Å². The van der Waals surface area contributed by atoms with Crippen molar-refractivity contribution in [3.8, 4) is 0 Å². The van der Waals surface area contributed by atoms with Crippen molar-refractivity contribution < 1.29 is 40.6 Å². The summed E-state index contributed by atoms with van der Waals surface area (Å²) < 4.78 is 0. The van der Waals surface area contributed by atoms with Crippen molar-refractivity contribution in [1.29, 1.82) is 0 Å². The zero-order valence-corrected chi connectivity index (χ0v) is 14.0. The zero-order chi connectivity index (χ0) is 7.15. The van der Waals surface area contributed by atoms with E-state index in [0.717, 1.165) is 0 Å². The Labute approximate surface area is 116 Å². The minimum Gasteiger partial charge on any atom is -1.00 e. The van der Waals surface area contributed by atoms with Gasteiger partial charge in [0.2, 0.25) is 0 Å². The first-order valence-electron chi connectivity index (χ1n) is 2.68. The third-order valence-electron chi connectivity index (χ3n) is 0. The smallest absolute Gasteiger partial charge is 1.00 e. The van der Waals surface area contributed by atoms with Crippen LogP contribution in [0.1, 0.15) is 10.3 Å². The van der Waals surface area contributed by atoms with Gasteiger partial charge in [0.25, 0.3) is 0 Å². The molecule has 0 aliphatic rings. The molecule has 0 unspecified atom stereocenters. The van der Waals surface area contributed by atoms with Crippen LogP contribution in [0.4, 0.5) is 0 Å². The Morgan fingerprint density at radius 3 is 0.636 bits per heavy atom. The first-order chi connectivity index (χ1) is 3.46. The molecule has 0 aromatic carbocycles. The van der Waals surface area contributed by atoms with Crippen molar-refractivity contribution in [2.45, 2.75) is 36.6 Å². The maximum absolute atomic E-state index is 2.35. The van der Waals surface area contributed by atoms with Crippen LogP contribution < -0.4 is 37.7 Å². The van der Waals surface area contributed by atoms with Gasteiger partial charge in [0.05, 0.1) is 0 Å². The molecule has 0 N–H and O–H groups in total. The van der Waals surface area contributed by atoms with Gasteiger partial charge in [-0.1, -0.05) is 7.43 Å². The largest absolute Gasteiger partial charge is 1.00 e. The van der Waals surface area contributed by atoms with Gasteiger partial charge in [0.15, 0.2) is 0 Å². The van der Waals surface area contributed by atoms with Gasteiger partial charge < -0.3 is 2.85 Å². The van der Waals surface area contributed by atoms with Crippen molar-refractivity contribution in [1.82, 2.24) is 0 Å². The maximum atomic E-state index is 2.35. The van der Waals surface area contributed by atoms with Crippen LogP contribution in [-0.2, 0) is 0 Å². The molecule has 0 aromatic rings. The second kappa shape index (κ2) is 23.0. The van der Waals surface area contributed by atoms with E-state index in [-0.39, 0.29) is 48.0 Å². The van der Waals surface area contributed by atoms with Crippen LogP contribution in [0, 0.1) is 0 Å². The van der Waals surface area contributed by atoms with E-state index in [1.54, 1.807) is 0 Å². The van der Waals surface area contributed by atoms with Crippen LogP contribution in [0.5, 0.6) is 0 Å². The van der Waals surface area contributed by atoms with Crippen LogP contribution in [0.15, 0.2) is 0 Å². The Morgan fingerprint density at radius 1 is 0.636 bits per heavy atom. The molecule has 0 saturated carbocycles. The van der Waals surface area contributed by atoms with Gasteiger partial charge in [0, 0.05) is 0 Å². The van der Waals surface area contributed by atoms with Crippen LogP contribution in [0.2, 0.25) is 29.2 Å². The number of hydrogen-bond acceptors (Lipinski definition) is 0. The van der Waals surface area contributed by atoms with Gasteiger partial charge in [-0.3, -0.25) is 0 Å². The quantitative estimate of drug-likeness (QED) is 0.420. The molecule has 0 bridgehead atoms. The topological polar surface area (TPSA) is 0 Å². The predicted molar refractivity (Wildman–Crippen MR) is 55.6 cm³/mol. The van der Waals surface area contributed by atoms with Crippen LogP contribution >= 0.6 is 0 Å². The Bertz CT molecular complexity index is 38.0. The van der Waals surface area contributed by atoms with Gasteiger partial charge in [-0.25, -0.2) is 0 Å². The number of hydrogen-bond donors (Lipinski definition) is 0. The van der Waals surface area contributed by atoms with Crippen molar-refractivity contribution in [2.75, 3.05) is 0 Å². The fraction of sp³-hybridized carbons (Fsp3) is 1.00. The second-order valence-corrected chi connectivity index (χ2v) is 18.0. The Morgan fingerprint density at radius 2 is 0.636 bits per heavy atom. The summed E-state index contributed by atoms with van der Waals surface area (Å²) in [4.78, 5) is 14.1. The molecule has 0 fully saturated rings. The molecule has 0 aliphatic carbocycles. The summed E-state index contributed by atoms with van der Waals surface area (Å²) in [6, 6.07) is 0. The summed E-state index contributed by atoms with van der Waals surface area (Å²) in [5, 5.41) is 0. The number of rotatable bonds is 0. The average Bonchev–Trinajstić information content (AvgIpc) is 1.25. The Hall–Kier alpha value is 2.83. The molecular weight excluding hydrogens is 341 g/mol. The molecule has 4 heteroatoms. The van der Waals surface area contributed by atoms with Crippen molar-refractivity contribution >= 4 is 40.4 Å². The first kappa shape index (κ1) is 29.2. The molecule has 0 atom stereocenters. The van der Waals surface area contributed by atoms with Gasteiger partial charge in [0.1, 0.15) is 0 Å². The van der Waals surface area contributed by atoms with Crippen molar-refractivity contribution in [3.63, 3.8) is 0 Å². The second-order valence-electron chi connectivity index (χ2n) is 2.68. The van der Waals surface area contributed by atoms with E-state index in [0.29, 0.717) is 0 Å². The molecule has 0 aliphatic heterocycles. The third kappa shape index (κ3) is 188. The molecule has 0 saturated heterocycles. The zero-order valence-electron chi connectivity index (χ0n) is 10.9. The Kier molecular flexibility index (Phi) is 61.1. The maximum Gasteiger partial charge on any atom is 1.00 e. The fourth-order valence-corrected chi connectivity index (χ4v) is 0. The molecule has 0 amide bonds. The summed E-state index contributed by atoms with van der Waals surface area (Å²) in [5.74, 6) is 0. The molecule has 0 spiro atoms. The molecule has 0 radical (unpaired) electrons. The van der Waals surface area contributed by atoms with E-state index >= 15 is 0 Å². The summed E-state index contributed by atoms with van der Waals surface area (Å²) in [7, 11) is 0. The van der Waals surface area contributed by atoms with Crippen molar-refractivity contribution in [2.24, 2.45) is 0 Å². The molecular formula is C7H24Li2Sb2. The Balaban J connectivity index is -0.00000000800. The van der Waals surface area contributed by atoms with E-state index in [4.69, 9.17) is 0 Å². The summed E-state index contributed by atoms with van der Waals surface area (Å²) in [6.45, 7) is 0. The average molecular weight is 366 g/mol. The van der Waals surface area contributed by atoms with Gasteiger partial charge in [-0.2, -0.15) is 0 Å². The van der Waals surface area contributed by atoms with Crippen LogP contribution in [0.3, 0.4) is 0 Å². The first-order valence-corrected chi connectivity index (χ1v) is 18.0. The van der Waals surface area contributed by atoms with E-state index in [1.165, 1.54) is 0 Å². The molecule has 0 rings (SSSR count). The SMILES string of the molecule is C.[CH3][Sb]([CH3])[CH3].[CH3][Sb]([CH3])[CH3].[H-].[H-].[Li+].[Li+]. The van der Waals surface area contributed by atoms with Gasteiger partial charge >= 0.3 is 107 Å². The van der Waals surface area contributed by atoms with Crippen LogP contribution in [0.25, 0.3) is 0 Å². The monoisotopic (exact) mass is 364 g/mol. The van der Waals surface area contributed by atoms with Gasteiger partial charge in [-0.05, 0) is 0 Å². The summed E-state index contributed by atoms with van der Waals surface area (Å²) >= 11 is -0.900. The van der Waals surface area contributed by atoms with E-state index < -0.39 is 40.4 Å². The molecule has 0 aromatic heterocycles. The minimum atomic E-state index is -0.450. The minimum absolute atomic E-state index is 0. The molecule has 64 valence electrons. The van der Waals surface area contributed by atoms with Crippen molar-refractivity contribution in [3.05, 3.63) is 0 Å². The molecule has 11 heavy (non-hydrogen) atoms. The fourth-order valence-electron chi connectivity index (χ4n) is 0. The normalized spacial score (nSPS) is 6.55. The molecule has 0 nitrogen and oxygen atoms in total. The predicted octanol–water partition coefficient (Wildman–Crippen LogP) is -2.39. The molecule has 0 heterocycles. The standard InChI is InChI=1S/CH4.6CH3.2Li.2Sb.2H/h1H4;6*1H3;;;;;;/q;;;;;;;2*+1;;;2*-1. The van der Waals surface area contributed by atoms with Gasteiger partial charge in [-0.15, -0.1) is 0 Å². The van der Waals surface area contributed by atoms with Crippen LogP contribution in [-0.4, -0.2) is 40.4 Å².